The summed E-state index contributed by atoms with van der Waals surface area (Å²) in [7, 11) is 3.38. The maximum atomic E-state index is 12.1. The van der Waals surface area contributed by atoms with Crippen LogP contribution in [-0.4, -0.2) is 43.7 Å². The van der Waals surface area contributed by atoms with Crippen LogP contribution in [0.3, 0.4) is 0 Å². The highest BCUT2D eigenvalue weighted by molar-refractivity contribution is 6.24. The molecule has 2 aliphatic rings. The Morgan fingerprint density at radius 1 is 1.19 bits per heavy atom. The summed E-state index contributed by atoms with van der Waals surface area (Å²) >= 11 is 0. The molecular weight excluding hydrogens is 206 g/mol. The second-order valence-corrected chi connectivity index (χ2v) is 4.26. The molecule has 16 heavy (non-hydrogen) atoms. The predicted octanol–water partition coefficient (Wildman–Crippen LogP) is 0.691. The number of ether oxygens (including phenoxy) is 1. The summed E-state index contributed by atoms with van der Waals surface area (Å²) in [6.45, 7) is 3.02. The van der Waals surface area contributed by atoms with E-state index in [0.29, 0.717) is 29.7 Å². The molecule has 0 N–H and O–H groups in total. The Labute approximate surface area is 94.6 Å². The number of rotatable bonds is 1. The highest BCUT2D eigenvalue weighted by atomic mass is 16.5. The second-order valence-electron chi connectivity index (χ2n) is 4.26. The summed E-state index contributed by atoms with van der Waals surface area (Å²) in [4.78, 5) is 26.1. The van der Waals surface area contributed by atoms with Gasteiger partial charge in [0.25, 0.3) is 0 Å². The van der Waals surface area contributed by atoms with Gasteiger partial charge >= 0.3 is 0 Å². The molecule has 0 spiro atoms. The van der Waals surface area contributed by atoms with E-state index >= 15 is 0 Å². The zero-order chi connectivity index (χ0) is 11.9. The predicted molar refractivity (Wildman–Crippen MR) is 58.9 cm³/mol. The van der Waals surface area contributed by atoms with Gasteiger partial charge < -0.3 is 9.64 Å². The first-order valence-electron chi connectivity index (χ1n) is 5.31. The lowest BCUT2D eigenvalue weighted by molar-refractivity contribution is -0.119. The zero-order valence-electron chi connectivity index (χ0n) is 9.79. The largest absolute Gasteiger partial charge is 0.492 e. The molecule has 1 aliphatic heterocycles. The van der Waals surface area contributed by atoms with Crippen LogP contribution in [0.1, 0.15) is 13.3 Å². The van der Waals surface area contributed by atoms with Crippen molar-refractivity contribution in [1.29, 1.82) is 0 Å². The standard InChI is InChI=1S/C12H15NO3/c1-7-10(14)8-4-5-13(2)6-9(8)11(15)12(7)16-3/h4-6H2,1-3H3. The number of methoxy groups -OCH3 is 1. The van der Waals surface area contributed by atoms with Crippen molar-refractivity contribution < 1.29 is 14.3 Å². The Morgan fingerprint density at radius 3 is 2.50 bits per heavy atom. The average molecular weight is 221 g/mol. The van der Waals surface area contributed by atoms with Crippen molar-refractivity contribution >= 4 is 11.6 Å². The fraction of sp³-hybridized carbons (Fsp3) is 0.500. The first-order chi connectivity index (χ1) is 7.56. The number of ketones is 2. The van der Waals surface area contributed by atoms with Gasteiger partial charge in [-0.3, -0.25) is 9.59 Å². The fourth-order valence-electron chi connectivity index (χ4n) is 2.24. The van der Waals surface area contributed by atoms with Gasteiger partial charge in [-0.25, -0.2) is 0 Å². The van der Waals surface area contributed by atoms with Gasteiger partial charge in [0, 0.05) is 29.8 Å². The van der Waals surface area contributed by atoms with Crippen LogP contribution in [0.5, 0.6) is 0 Å². The van der Waals surface area contributed by atoms with Gasteiger partial charge in [0.2, 0.25) is 5.78 Å². The molecule has 0 amide bonds. The van der Waals surface area contributed by atoms with E-state index in [4.69, 9.17) is 4.74 Å². The third-order valence-corrected chi connectivity index (χ3v) is 3.18. The Bertz CT molecular complexity index is 432. The Morgan fingerprint density at radius 2 is 1.88 bits per heavy atom. The van der Waals surface area contributed by atoms with Gasteiger partial charge in [0.05, 0.1) is 7.11 Å². The summed E-state index contributed by atoms with van der Waals surface area (Å²) < 4.78 is 5.03. The van der Waals surface area contributed by atoms with Crippen molar-refractivity contribution in [2.24, 2.45) is 0 Å². The first kappa shape index (κ1) is 11.1. The molecule has 4 heteroatoms. The molecule has 0 aromatic heterocycles. The van der Waals surface area contributed by atoms with Crippen LogP contribution in [-0.2, 0) is 14.3 Å². The smallest absolute Gasteiger partial charge is 0.225 e. The molecule has 0 saturated carbocycles. The Balaban J connectivity index is 2.47. The molecule has 86 valence electrons. The summed E-state index contributed by atoms with van der Waals surface area (Å²) in [6.07, 6.45) is 0.657. The van der Waals surface area contributed by atoms with E-state index in [1.807, 2.05) is 11.9 Å². The Hall–Kier alpha value is -1.42. The summed E-state index contributed by atoms with van der Waals surface area (Å²) in [5.41, 5.74) is 1.73. The molecule has 0 aromatic rings. The molecule has 1 heterocycles. The highest BCUT2D eigenvalue weighted by Gasteiger charge is 2.35. The van der Waals surface area contributed by atoms with Crippen molar-refractivity contribution in [3.63, 3.8) is 0 Å². The zero-order valence-corrected chi connectivity index (χ0v) is 9.79. The minimum atomic E-state index is -0.124. The number of nitrogens with zero attached hydrogens (tertiary/aromatic N) is 1. The lowest BCUT2D eigenvalue weighted by atomic mass is 9.85. The summed E-state index contributed by atoms with van der Waals surface area (Å²) in [5.74, 6) is 0.0553. The monoisotopic (exact) mass is 221 g/mol. The van der Waals surface area contributed by atoms with Gasteiger partial charge in [-0.15, -0.1) is 0 Å². The maximum Gasteiger partial charge on any atom is 0.225 e. The van der Waals surface area contributed by atoms with Crippen molar-refractivity contribution in [2.75, 3.05) is 27.2 Å². The first-order valence-corrected chi connectivity index (χ1v) is 5.31. The molecule has 0 atom stereocenters. The van der Waals surface area contributed by atoms with Crippen molar-refractivity contribution in [2.45, 2.75) is 13.3 Å². The van der Waals surface area contributed by atoms with Crippen LogP contribution in [0.15, 0.2) is 22.5 Å². The fourth-order valence-corrected chi connectivity index (χ4v) is 2.24. The lowest BCUT2D eigenvalue weighted by Gasteiger charge is -2.29. The molecule has 0 saturated heterocycles. The van der Waals surface area contributed by atoms with E-state index in [0.717, 1.165) is 6.54 Å². The minimum Gasteiger partial charge on any atom is -0.492 e. The molecule has 4 nitrogen and oxygen atoms in total. The second kappa shape index (κ2) is 3.87. The number of hydrogen-bond donors (Lipinski definition) is 0. The average Bonchev–Trinajstić information content (AvgIpc) is 2.27. The molecule has 0 bridgehead atoms. The molecule has 1 aliphatic carbocycles. The number of hydrogen-bond acceptors (Lipinski definition) is 4. The maximum absolute atomic E-state index is 12.1. The van der Waals surface area contributed by atoms with E-state index in [9.17, 15) is 9.59 Å². The van der Waals surface area contributed by atoms with Crippen LogP contribution in [0, 0.1) is 0 Å². The third-order valence-electron chi connectivity index (χ3n) is 3.18. The highest BCUT2D eigenvalue weighted by Crippen LogP contribution is 2.29. The lowest BCUT2D eigenvalue weighted by Crippen LogP contribution is -2.36. The molecule has 2 rings (SSSR count). The number of likely N-dealkylation sites (N-methyl/N-ethyl adjacent to an activating group) is 1. The van der Waals surface area contributed by atoms with Crippen molar-refractivity contribution in [3.8, 4) is 0 Å². The van der Waals surface area contributed by atoms with E-state index in [1.54, 1.807) is 6.92 Å². The Kier molecular flexibility index (Phi) is 2.68. The number of Topliss-reactive ketones (excluding diaryl/α,β-unsaturated/α-hetero) is 2. The molecule has 0 unspecified atom stereocenters. The van der Waals surface area contributed by atoms with Crippen molar-refractivity contribution in [1.82, 2.24) is 4.90 Å². The molecule has 0 aromatic carbocycles. The van der Waals surface area contributed by atoms with Gasteiger partial charge in [-0.2, -0.15) is 0 Å². The normalized spacial score (nSPS) is 22.7. The number of carbonyl (C=O) groups is 2. The van der Waals surface area contributed by atoms with Gasteiger partial charge in [0.1, 0.15) is 0 Å². The third kappa shape index (κ3) is 1.50. The SMILES string of the molecule is COC1=C(C)C(=O)C2=C(CN(C)CC2)C1=O. The van der Waals surface area contributed by atoms with Gasteiger partial charge in [-0.05, 0) is 20.4 Å². The van der Waals surface area contributed by atoms with E-state index in [2.05, 4.69) is 0 Å². The van der Waals surface area contributed by atoms with Gasteiger partial charge in [0.15, 0.2) is 11.5 Å². The minimum absolute atomic E-state index is 0.0282. The van der Waals surface area contributed by atoms with Crippen LogP contribution < -0.4 is 0 Å². The van der Waals surface area contributed by atoms with Crippen LogP contribution in [0.25, 0.3) is 0 Å². The molecule has 0 radical (unpaired) electrons. The number of allylic oxidation sites excluding steroid dienone is 2. The topological polar surface area (TPSA) is 46.6 Å². The van der Waals surface area contributed by atoms with Gasteiger partial charge in [-0.1, -0.05) is 0 Å². The molecule has 0 fully saturated rings. The van der Waals surface area contributed by atoms with E-state index in [1.165, 1.54) is 7.11 Å². The number of carbonyl (C=O) groups excluding carboxylic acids is 2. The molecular formula is C12H15NO3. The summed E-state index contributed by atoms with van der Waals surface area (Å²) in [5, 5.41) is 0. The van der Waals surface area contributed by atoms with Crippen LogP contribution >= 0.6 is 0 Å². The quantitative estimate of drug-likeness (QED) is 0.611. The van der Waals surface area contributed by atoms with E-state index in [-0.39, 0.29) is 17.3 Å². The summed E-state index contributed by atoms with van der Waals surface area (Å²) in [6, 6.07) is 0. The van der Waals surface area contributed by atoms with Crippen molar-refractivity contribution in [3.05, 3.63) is 22.5 Å². The van der Waals surface area contributed by atoms with E-state index < -0.39 is 0 Å². The van der Waals surface area contributed by atoms with Crippen LogP contribution in [0.4, 0.5) is 0 Å². The van der Waals surface area contributed by atoms with Crippen LogP contribution in [0.2, 0.25) is 0 Å².